The van der Waals surface area contributed by atoms with E-state index in [4.69, 9.17) is 4.74 Å². The van der Waals surface area contributed by atoms with Gasteiger partial charge in [0.05, 0.1) is 6.10 Å². The van der Waals surface area contributed by atoms with Crippen molar-refractivity contribution >= 4 is 0 Å². The lowest BCUT2D eigenvalue weighted by Crippen LogP contribution is -2.10. The monoisotopic (exact) mass is 240 g/mol. The van der Waals surface area contributed by atoms with Crippen LogP contribution in [0.15, 0.2) is 48.5 Å². The first-order valence-corrected chi connectivity index (χ1v) is 6.37. The van der Waals surface area contributed by atoms with E-state index in [0.717, 1.165) is 41.9 Å². The fraction of sp³-hybridized carbons (Fsp3) is 0.250. The summed E-state index contributed by atoms with van der Waals surface area (Å²) in [4.78, 5) is 0. The quantitative estimate of drug-likeness (QED) is 0.864. The minimum absolute atomic E-state index is 0.340. The number of ether oxygens (including phenoxy) is 1. The van der Waals surface area contributed by atoms with Crippen LogP contribution >= 0.6 is 0 Å². The second-order valence-corrected chi connectivity index (χ2v) is 4.65. The van der Waals surface area contributed by atoms with Crippen LogP contribution in [-0.2, 0) is 6.42 Å². The molecule has 0 bridgehead atoms. The second kappa shape index (κ2) is 4.83. The summed E-state index contributed by atoms with van der Waals surface area (Å²) in [6.45, 7) is 0. The Morgan fingerprint density at radius 3 is 2.67 bits per heavy atom. The zero-order valence-corrected chi connectivity index (χ0v) is 10.2. The van der Waals surface area contributed by atoms with Crippen LogP contribution in [0.1, 0.15) is 30.1 Å². The van der Waals surface area contributed by atoms with E-state index < -0.39 is 0 Å². The Hall–Kier alpha value is -1.80. The molecule has 3 rings (SSSR count). The molecule has 18 heavy (non-hydrogen) atoms. The first-order chi connectivity index (χ1) is 8.84. The van der Waals surface area contributed by atoms with Gasteiger partial charge < -0.3 is 9.84 Å². The molecule has 2 nitrogen and oxygen atoms in total. The van der Waals surface area contributed by atoms with Gasteiger partial charge in [-0.2, -0.15) is 0 Å². The van der Waals surface area contributed by atoms with Crippen molar-refractivity contribution in [2.24, 2.45) is 0 Å². The van der Waals surface area contributed by atoms with Gasteiger partial charge in [0, 0.05) is 5.56 Å². The zero-order chi connectivity index (χ0) is 12.4. The highest BCUT2D eigenvalue weighted by Gasteiger charge is 2.20. The summed E-state index contributed by atoms with van der Waals surface area (Å²) in [5.74, 6) is 1.71. The lowest BCUT2D eigenvalue weighted by Gasteiger charge is -2.23. The van der Waals surface area contributed by atoms with Gasteiger partial charge in [-0.05, 0) is 43.0 Å². The van der Waals surface area contributed by atoms with E-state index >= 15 is 0 Å². The minimum atomic E-state index is -0.340. The van der Waals surface area contributed by atoms with Crippen molar-refractivity contribution in [3.05, 3.63) is 59.7 Å². The summed E-state index contributed by atoms with van der Waals surface area (Å²) in [5, 5.41) is 10.00. The maximum Gasteiger partial charge on any atom is 0.130 e. The number of aliphatic hydroxyl groups is 1. The van der Waals surface area contributed by atoms with Crippen LogP contribution in [-0.4, -0.2) is 5.11 Å². The average Bonchev–Trinajstić information content (AvgIpc) is 2.41. The Morgan fingerprint density at radius 2 is 1.83 bits per heavy atom. The Labute approximate surface area is 107 Å². The Balaban J connectivity index is 1.96. The predicted octanol–water partition coefficient (Wildman–Crippen LogP) is 3.85. The van der Waals surface area contributed by atoms with Crippen LogP contribution in [0.5, 0.6) is 11.5 Å². The molecular formula is C16H16O2. The first-order valence-electron chi connectivity index (χ1n) is 6.37. The minimum Gasteiger partial charge on any atom is -0.457 e. The Kier molecular flexibility index (Phi) is 3.03. The molecule has 0 radical (unpaired) electrons. The molecule has 2 aromatic carbocycles. The van der Waals surface area contributed by atoms with Gasteiger partial charge in [0.2, 0.25) is 0 Å². The highest BCUT2D eigenvalue weighted by atomic mass is 16.5. The van der Waals surface area contributed by atoms with E-state index in [1.54, 1.807) is 0 Å². The van der Waals surface area contributed by atoms with E-state index in [-0.39, 0.29) is 6.10 Å². The smallest absolute Gasteiger partial charge is 0.130 e. The molecule has 0 saturated carbocycles. The van der Waals surface area contributed by atoms with Crippen molar-refractivity contribution in [3.63, 3.8) is 0 Å². The first kappa shape index (κ1) is 11.3. The molecule has 0 amide bonds. The fourth-order valence-electron chi connectivity index (χ4n) is 2.50. The zero-order valence-electron chi connectivity index (χ0n) is 10.2. The summed E-state index contributed by atoms with van der Waals surface area (Å²) in [7, 11) is 0. The van der Waals surface area contributed by atoms with Crippen LogP contribution in [0.25, 0.3) is 0 Å². The molecule has 0 saturated heterocycles. The molecule has 1 N–H and O–H groups in total. The molecule has 2 aromatic rings. The number of rotatable bonds is 2. The summed E-state index contributed by atoms with van der Waals surface area (Å²) < 4.78 is 5.91. The second-order valence-electron chi connectivity index (χ2n) is 4.65. The lowest BCUT2D eigenvalue weighted by molar-refractivity contribution is 0.156. The third-order valence-corrected chi connectivity index (χ3v) is 3.40. The van der Waals surface area contributed by atoms with Crippen molar-refractivity contribution < 1.29 is 9.84 Å². The van der Waals surface area contributed by atoms with Crippen LogP contribution in [0.2, 0.25) is 0 Å². The van der Waals surface area contributed by atoms with Crippen LogP contribution in [0.4, 0.5) is 0 Å². The Bertz CT molecular complexity index is 534. The van der Waals surface area contributed by atoms with Crippen molar-refractivity contribution in [1.29, 1.82) is 0 Å². The van der Waals surface area contributed by atoms with Gasteiger partial charge in [-0.1, -0.05) is 30.3 Å². The van der Waals surface area contributed by atoms with E-state index in [9.17, 15) is 5.11 Å². The summed E-state index contributed by atoms with van der Waals surface area (Å²) in [5.41, 5.74) is 2.18. The summed E-state index contributed by atoms with van der Waals surface area (Å²) in [6.07, 6.45) is 2.51. The van der Waals surface area contributed by atoms with Crippen molar-refractivity contribution in [2.45, 2.75) is 25.4 Å². The van der Waals surface area contributed by atoms with E-state index in [1.807, 2.05) is 48.5 Å². The molecule has 0 heterocycles. The van der Waals surface area contributed by atoms with Gasteiger partial charge in [-0.25, -0.2) is 0 Å². The number of para-hydroxylation sites is 1. The molecular weight excluding hydrogens is 224 g/mol. The van der Waals surface area contributed by atoms with E-state index in [1.165, 1.54) is 0 Å². The molecule has 0 aliphatic heterocycles. The molecule has 1 aliphatic rings. The third-order valence-electron chi connectivity index (χ3n) is 3.40. The number of hydrogen-bond acceptors (Lipinski definition) is 2. The number of benzene rings is 2. The SMILES string of the molecule is OC1CCCc2c(Oc3ccccc3)cccc21. The third kappa shape index (κ3) is 2.12. The van der Waals surface area contributed by atoms with Gasteiger partial charge in [-0.15, -0.1) is 0 Å². The summed E-state index contributed by atoms with van der Waals surface area (Å²) >= 11 is 0. The highest BCUT2D eigenvalue weighted by molar-refractivity contribution is 5.45. The maximum absolute atomic E-state index is 10.00. The van der Waals surface area contributed by atoms with Crippen LogP contribution < -0.4 is 4.74 Å². The molecule has 92 valence electrons. The molecule has 1 unspecified atom stereocenters. The van der Waals surface area contributed by atoms with Gasteiger partial charge >= 0.3 is 0 Å². The number of hydrogen-bond donors (Lipinski definition) is 1. The van der Waals surface area contributed by atoms with Crippen molar-refractivity contribution in [2.75, 3.05) is 0 Å². The fourth-order valence-corrected chi connectivity index (χ4v) is 2.50. The average molecular weight is 240 g/mol. The maximum atomic E-state index is 10.00. The van der Waals surface area contributed by atoms with Gasteiger partial charge in [0.1, 0.15) is 11.5 Å². The normalized spacial score (nSPS) is 18.2. The van der Waals surface area contributed by atoms with Crippen LogP contribution in [0, 0.1) is 0 Å². The molecule has 0 spiro atoms. The molecule has 1 aliphatic carbocycles. The van der Waals surface area contributed by atoms with E-state index in [2.05, 4.69) is 0 Å². The molecule has 0 aromatic heterocycles. The molecule has 1 atom stereocenters. The summed E-state index contributed by atoms with van der Waals surface area (Å²) in [6, 6.07) is 15.7. The van der Waals surface area contributed by atoms with Gasteiger partial charge in [-0.3, -0.25) is 0 Å². The van der Waals surface area contributed by atoms with Gasteiger partial charge in [0.15, 0.2) is 0 Å². The Morgan fingerprint density at radius 1 is 1.00 bits per heavy atom. The number of aliphatic hydroxyl groups excluding tert-OH is 1. The van der Waals surface area contributed by atoms with Crippen molar-refractivity contribution in [3.8, 4) is 11.5 Å². The highest BCUT2D eigenvalue weighted by Crippen LogP contribution is 2.36. The molecule has 0 fully saturated rings. The van der Waals surface area contributed by atoms with Crippen molar-refractivity contribution in [1.82, 2.24) is 0 Å². The topological polar surface area (TPSA) is 29.5 Å². The van der Waals surface area contributed by atoms with Gasteiger partial charge in [0.25, 0.3) is 0 Å². The van der Waals surface area contributed by atoms with E-state index in [0.29, 0.717) is 0 Å². The van der Waals surface area contributed by atoms with Crippen LogP contribution in [0.3, 0.4) is 0 Å². The standard InChI is InChI=1S/C16H16O2/c17-15-10-4-9-14-13(15)8-5-11-16(14)18-12-6-2-1-3-7-12/h1-3,5-8,11,15,17H,4,9-10H2. The lowest BCUT2D eigenvalue weighted by atomic mass is 9.89. The predicted molar refractivity (Wildman–Crippen MR) is 70.9 cm³/mol. The molecule has 2 heteroatoms. The number of fused-ring (bicyclic) bond motifs is 1. The largest absolute Gasteiger partial charge is 0.457 e.